The van der Waals surface area contributed by atoms with Crippen LogP contribution in [-0.4, -0.2) is 53.1 Å². The Balaban J connectivity index is 1.48. The molecule has 1 aliphatic rings. The smallest absolute Gasteiger partial charge is 0.244 e. The highest BCUT2D eigenvalue weighted by molar-refractivity contribution is 7.89. The molecule has 1 saturated heterocycles. The second kappa shape index (κ2) is 7.44. The maximum atomic E-state index is 12.9. The van der Waals surface area contributed by atoms with Crippen LogP contribution < -0.4 is 4.90 Å². The van der Waals surface area contributed by atoms with E-state index in [1.165, 1.54) is 21.3 Å². The van der Waals surface area contributed by atoms with Gasteiger partial charge >= 0.3 is 0 Å². The fourth-order valence-electron chi connectivity index (χ4n) is 3.41. The maximum Gasteiger partial charge on any atom is 0.244 e. The molecule has 3 aromatic rings. The molecular weight excluding hydrogens is 396 g/mol. The first-order valence-electron chi connectivity index (χ1n) is 8.88. The number of aromatic nitrogens is 3. The maximum absolute atomic E-state index is 12.9. The van der Waals surface area contributed by atoms with Gasteiger partial charge in [0.1, 0.15) is 6.07 Å². The first kappa shape index (κ1) is 18.8. The van der Waals surface area contributed by atoms with Gasteiger partial charge in [-0.1, -0.05) is 18.2 Å². The quantitative estimate of drug-likeness (QED) is 0.619. The monoisotopic (exact) mass is 415 g/mol. The van der Waals surface area contributed by atoms with E-state index < -0.39 is 10.0 Å². The number of nitrogens with zero attached hydrogens (tertiary/aromatic N) is 5. The van der Waals surface area contributed by atoms with Crippen molar-refractivity contribution in [1.29, 1.82) is 5.26 Å². The third-order valence-corrected chi connectivity index (χ3v) is 7.28. The molecule has 4 rings (SSSR count). The molecule has 1 fully saturated rings. The van der Waals surface area contributed by atoms with E-state index in [1.807, 2.05) is 34.9 Å². The van der Waals surface area contributed by atoms with Crippen LogP contribution in [0.1, 0.15) is 5.56 Å². The minimum absolute atomic E-state index is 0.0727. The largest absolute Gasteiger partial charge is 0.314 e. The standard InChI is InChI=1S/C18H18N6O2S2/c19-13-15-5-1-2-6-16(15)28(25,26)22-11-9-21(10-12-22)14-24-18(27)23-8-4-3-7-17(23)20-24/h1-8H,9-12,14H2/p+1. The van der Waals surface area contributed by atoms with Crippen molar-refractivity contribution < 1.29 is 13.3 Å². The Bertz CT molecular complexity index is 1220. The van der Waals surface area contributed by atoms with Crippen LogP contribution in [0.3, 0.4) is 0 Å². The van der Waals surface area contributed by atoms with Crippen molar-refractivity contribution in [3.05, 3.63) is 59.0 Å². The Morgan fingerprint density at radius 1 is 1.14 bits per heavy atom. The highest BCUT2D eigenvalue weighted by Gasteiger charge is 2.32. The summed E-state index contributed by atoms with van der Waals surface area (Å²) in [5.41, 5.74) is 0.967. The molecule has 10 heteroatoms. The second-order valence-electron chi connectivity index (χ2n) is 6.63. The zero-order chi connectivity index (χ0) is 19.7. The van der Waals surface area contributed by atoms with Crippen molar-refractivity contribution in [2.75, 3.05) is 26.2 Å². The fourth-order valence-corrected chi connectivity index (χ4v) is 5.25. The highest BCUT2D eigenvalue weighted by atomic mass is 32.2. The Morgan fingerprint density at radius 3 is 2.57 bits per heavy atom. The van der Waals surface area contributed by atoms with Gasteiger partial charge in [0.2, 0.25) is 14.8 Å². The predicted octanol–water partition coefficient (Wildman–Crippen LogP) is 0.284. The van der Waals surface area contributed by atoms with Crippen molar-refractivity contribution in [3.63, 3.8) is 0 Å². The van der Waals surface area contributed by atoms with Crippen LogP contribution in [0.15, 0.2) is 53.6 Å². The van der Waals surface area contributed by atoms with E-state index in [4.69, 9.17) is 12.2 Å². The van der Waals surface area contributed by atoms with Crippen LogP contribution in [0.5, 0.6) is 0 Å². The number of nitrogens with one attached hydrogen (secondary N) is 1. The lowest BCUT2D eigenvalue weighted by Crippen LogP contribution is -3.14. The van der Waals surface area contributed by atoms with Gasteiger partial charge in [-0.2, -0.15) is 14.2 Å². The first-order chi connectivity index (χ1) is 13.5. The molecule has 1 aromatic carbocycles. The number of quaternary nitrogens is 1. The van der Waals surface area contributed by atoms with E-state index >= 15 is 0 Å². The van der Waals surface area contributed by atoms with Gasteiger partial charge in [-0.15, -0.1) is 5.10 Å². The highest BCUT2D eigenvalue weighted by Crippen LogP contribution is 2.19. The summed E-state index contributed by atoms with van der Waals surface area (Å²) in [6.45, 7) is 2.65. The molecule has 144 valence electrons. The summed E-state index contributed by atoms with van der Waals surface area (Å²) in [5, 5.41) is 13.7. The van der Waals surface area contributed by atoms with Crippen LogP contribution in [0.25, 0.3) is 5.65 Å². The van der Waals surface area contributed by atoms with E-state index in [0.29, 0.717) is 37.6 Å². The van der Waals surface area contributed by atoms with E-state index in [2.05, 4.69) is 5.10 Å². The molecule has 8 nitrogen and oxygen atoms in total. The lowest BCUT2D eigenvalue weighted by molar-refractivity contribution is -0.926. The Morgan fingerprint density at radius 2 is 1.86 bits per heavy atom. The summed E-state index contributed by atoms with van der Waals surface area (Å²) in [5.74, 6) is 0. The lowest BCUT2D eigenvalue weighted by atomic mass is 10.2. The summed E-state index contributed by atoms with van der Waals surface area (Å²) >= 11 is 5.48. The molecule has 0 bridgehead atoms. The normalized spacial score (nSPS) is 16.2. The SMILES string of the molecule is N#Cc1ccccc1S(=O)(=O)N1CC[NH+](Cn2nc3ccccn3c2=S)CC1. The van der Waals surface area contributed by atoms with Crippen molar-refractivity contribution in [2.45, 2.75) is 11.6 Å². The number of fused-ring (bicyclic) bond motifs is 1. The molecule has 0 atom stereocenters. The zero-order valence-corrected chi connectivity index (χ0v) is 16.7. The van der Waals surface area contributed by atoms with Crippen LogP contribution in [0, 0.1) is 16.1 Å². The third-order valence-electron chi connectivity index (χ3n) is 4.92. The van der Waals surface area contributed by atoms with Crippen molar-refractivity contribution in [1.82, 2.24) is 18.5 Å². The molecule has 28 heavy (non-hydrogen) atoms. The average Bonchev–Trinajstić information content (AvgIpc) is 3.04. The van der Waals surface area contributed by atoms with Crippen molar-refractivity contribution in [2.24, 2.45) is 0 Å². The molecule has 0 radical (unpaired) electrons. The van der Waals surface area contributed by atoms with E-state index in [-0.39, 0.29) is 10.5 Å². The molecule has 0 saturated carbocycles. The number of rotatable bonds is 4. The molecule has 0 spiro atoms. The van der Waals surface area contributed by atoms with Gasteiger partial charge in [0.05, 0.1) is 36.6 Å². The molecule has 0 unspecified atom stereocenters. The van der Waals surface area contributed by atoms with Crippen LogP contribution >= 0.6 is 12.2 Å². The predicted molar refractivity (Wildman–Crippen MR) is 105 cm³/mol. The number of benzene rings is 1. The van der Waals surface area contributed by atoms with Gasteiger partial charge in [-0.3, -0.25) is 4.40 Å². The van der Waals surface area contributed by atoms with Gasteiger partial charge in [0, 0.05) is 6.20 Å². The number of hydrogen-bond acceptors (Lipinski definition) is 5. The number of pyridine rings is 1. The van der Waals surface area contributed by atoms with Gasteiger partial charge in [-0.05, 0) is 36.5 Å². The molecule has 3 heterocycles. The number of nitriles is 1. The lowest BCUT2D eigenvalue weighted by Gasteiger charge is -2.31. The van der Waals surface area contributed by atoms with E-state index in [9.17, 15) is 13.7 Å². The number of hydrogen-bond donors (Lipinski definition) is 1. The molecular formula is C18H19N6O2S2+. The molecule has 1 aliphatic heterocycles. The van der Waals surface area contributed by atoms with Gasteiger partial charge in [-0.25, -0.2) is 8.42 Å². The zero-order valence-electron chi connectivity index (χ0n) is 15.0. The van der Waals surface area contributed by atoms with Gasteiger partial charge in [0.25, 0.3) is 0 Å². The first-order valence-corrected chi connectivity index (χ1v) is 10.7. The Kier molecular flexibility index (Phi) is 4.99. The van der Waals surface area contributed by atoms with Crippen molar-refractivity contribution >= 4 is 27.9 Å². The number of sulfonamides is 1. The summed E-state index contributed by atoms with van der Waals surface area (Å²) in [7, 11) is -3.68. The van der Waals surface area contributed by atoms with Gasteiger partial charge in [0.15, 0.2) is 12.3 Å². The number of piperazine rings is 1. The Labute approximate surface area is 167 Å². The third kappa shape index (κ3) is 3.33. The van der Waals surface area contributed by atoms with Crippen molar-refractivity contribution in [3.8, 4) is 6.07 Å². The van der Waals surface area contributed by atoms with E-state index in [1.54, 1.807) is 16.8 Å². The molecule has 1 N–H and O–H groups in total. The molecule has 0 amide bonds. The Hall–Kier alpha value is -2.58. The van der Waals surface area contributed by atoms with Crippen LogP contribution in [0.4, 0.5) is 0 Å². The van der Waals surface area contributed by atoms with Crippen LogP contribution in [-0.2, 0) is 16.7 Å². The summed E-state index contributed by atoms with van der Waals surface area (Å²) in [6.07, 6.45) is 1.88. The fraction of sp³-hybridized carbons (Fsp3) is 0.278. The summed E-state index contributed by atoms with van der Waals surface area (Å²) in [6, 6.07) is 14.0. The molecule has 0 aliphatic carbocycles. The second-order valence-corrected chi connectivity index (χ2v) is 8.90. The topological polar surface area (TPSA) is 87.8 Å². The van der Waals surface area contributed by atoms with Gasteiger partial charge < -0.3 is 4.90 Å². The minimum Gasteiger partial charge on any atom is -0.314 e. The summed E-state index contributed by atoms with van der Waals surface area (Å²) in [4.78, 5) is 1.28. The van der Waals surface area contributed by atoms with Crippen LogP contribution in [0.2, 0.25) is 0 Å². The average molecular weight is 416 g/mol. The molecule has 2 aromatic heterocycles. The minimum atomic E-state index is -3.68. The summed E-state index contributed by atoms with van der Waals surface area (Å²) < 4.78 is 31.6. The van der Waals surface area contributed by atoms with E-state index in [0.717, 1.165) is 5.65 Å².